The third-order valence-corrected chi connectivity index (χ3v) is 4.93. The molecule has 0 saturated heterocycles. The van der Waals surface area contributed by atoms with Crippen LogP contribution in [0.25, 0.3) is 22.3 Å². The van der Waals surface area contributed by atoms with Crippen LogP contribution in [0.3, 0.4) is 0 Å². The summed E-state index contributed by atoms with van der Waals surface area (Å²) in [6.07, 6.45) is -4.37. The van der Waals surface area contributed by atoms with Crippen LogP contribution in [0.1, 0.15) is 16.7 Å². The number of hydrogen-bond acceptors (Lipinski definition) is 1. The van der Waals surface area contributed by atoms with Crippen LogP contribution in [-0.2, 0) is 19.0 Å². The second-order valence-corrected chi connectivity index (χ2v) is 6.61. The molecular weight excluding hydrogens is 382 g/mol. The van der Waals surface area contributed by atoms with Crippen molar-refractivity contribution >= 4 is 0 Å². The number of aromatic hydroxyl groups is 1. The van der Waals surface area contributed by atoms with E-state index >= 15 is 0 Å². The van der Waals surface area contributed by atoms with E-state index in [1.165, 1.54) is 12.1 Å². The van der Waals surface area contributed by atoms with Crippen LogP contribution < -0.4 is 0 Å². The number of hydrogen-bond donors (Lipinski definition) is 1. The predicted octanol–water partition coefficient (Wildman–Crippen LogP) is 6.26. The number of rotatable bonds is 1. The summed E-state index contributed by atoms with van der Waals surface area (Å²) < 4.78 is 80.2. The summed E-state index contributed by atoms with van der Waals surface area (Å²) >= 11 is 0. The fourth-order valence-electron chi connectivity index (χ4n) is 3.69. The molecule has 0 bridgehead atoms. The number of phenolic OH excluding ortho intramolecular Hbond substituents is 1. The van der Waals surface area contributed by atoms with Gasteiger partial charge in [0, 0.05) is 0 Å². The van der Waals surface area contributed by atoms with Crippen LogP contribution in [0.4, 0.5) is 26.3 Å². The molecule has 7 heteroatoms. The molecule has 1 N–H and O–H groups in total. The molecule has 0 heterocycles. The van der Waals surface area contributed by atoms with Gasteiger partial charge < -0.3 is 5.11 Å². The van der Waals surface area contributed by atoms with Crippen molar-refractivity contribution in [3.05, 3.63) is 76.6 Å². The fraction of sp³-hybridized carbons (Fsp3) is 0.143. The van der Waals surface area contributed by atoms with Crippen LogP contribution in [0.5, 0.6) is 5.75 Å². The van der Waals surface area contributed by atoms with E-state index in [4.69, 9.17) is 0 Å². The topological polar surface area (TPSA) is 20.2 Å². The molecule has 0 unspecified atom stereocenters. The quantitative estimate of drug-likeness (QED) is 0.382. The van der Waals surface area contributed by atoms with Crippen molar-refractivity contribution < 1.29 is 31.4 Å². The Morgan fingerprint density at radius 2 is 1.39 bits per heavy atom. The number of benzene rings is 3. The summed E-state index contributed by atoms with van der Waals surface area (Å²) in [5.41, 5.74) is 1.15. The van der Waals surface area contributed by atoms with E-state index in [2.05, 4.69) is 0 Å². The van der Waals surface area contributed by atoms with Gasteiger partial charge >= 0.3 is 6.18 Å². The molecule has 0 fully saturated rings. The number of aryl methyl sites for hydroxylation is 1. The largest absolute Gasteiger partial charge is 0.507 e. The van der Waals surface area contributed by atoms with Crippen LogP contribution in [0.2, 0.25) is 0 Å². The van der Waals surface area contributed by atoms with Crippen molar-refractivity contribution in [2.24, 2.45) is 0 Å². The average molecular weight is 394 g/mol. The molecular formula is C21H12F6O. The van der Waals surface area contributed by atoms with Gasteiger partial charge in [-0.25, -0.2) is 13.2 Å². The highest BCUT2D eigenvalue weighted by Crippen LogP contribution is 2.45. The van der Waals surface area contributed by atoms with E-state index in [1.807, 2.05) is 0 Å². The Hall–Kier alpha value is -2.96. The van der Waals surface area contributed by atoms with Gasteiger partial charge in [0.2, 0.25) is 0 Å². The van der Waals surface area contributed by atoms with E-state index in [-0.39, 0.29) is 24.0 Å². The molecule has 0 radical (unpaired) electrons. The maximum atomic E-state index is 13.5. The van der Waals surface area contributed by atoms with Crippen LogP contribution in [-0.4, -0.2) is 5.11 Å². The lowest BCUT2D eigenvalue weighted by atomic mass is 9.81. The third kappa shape index (κ3) is 2.91. The summed E-state index contributed by atoms with van der Waals surface area (Å²) in [5, 5.41) is 9.70. The molecule has 1 nitrogen and oxygen atoms in total. The van der Waals surface area contributed by atoms with Crippen molar-refractivity contribution in [1.82, 2.24) is 0 Å². The normalized spacial score (nSPS) is 13.2. The van der Waals surface area contributed by atoms with Crippen molar-refractivity contribution in [2.75, 3.05) is 0 Å². The highest BCUT2D eigenvalue weighted by Gasteiger charge is 2.38. The van der Waals surface area contributed by atoms with Crippen molar-refractivity contribution in [2.45, 2.75) is 19.0 Å². The second-order valence-electron chi connectivity index (χ2n) is 6.61. The van der Waals surface area contributed by atoms with E-state index in [1.54, 1.807) is 12.1 Å². The van der Waals surface area contributed by atoms with Crippen molar-refractivity contribution in [1.29, 1.82) is 0 Å². The minimum Gasteiger partial charge on any atom is -0.507 e. The van der Waals surface area contributed by atoms with Gasteiger partial charge in [-0.15, -0.1) is 0 Å². The first kappa shape index (κ1) is 18.4. The van der Waals surface area contributed by atoms with Crippen molar-refractivity contribution in [3.63, 3.8) is 0 Å². The Morgan fingerprint density at radius 1 is 0.750 bits per heavy atom. The van der Waals surface area contributed by atoms with Crippen LogP contribution in [0, 0.1) is 17.5 Å². The maximum Gasteiger partial charge on any atom is 0.420 e. The van der Waals surface area contributed by atoms with Gasteiger partial charge in [0.05, 0.1) is 0 Å². The van der Waals surface area contributed by atoms with E-state index in [9.17, 15) is 31.4 Å². The van der Waals surface area contributed by atoms with E-state index < -0.39 is 34.9 Å². The molecule has 1 aliphatic carbocycles. The van der Waals surface area contributed by atoms with E-state index in [0.717, 1.165) is 18.2 Å². The van der Waals surface area contributed by atoms with E-state index in [0.29, 0.717) is 22.3 Å². The average Bonchev–Trinajstić information content (AvgIpc) is 2.63. The zero-order chi connectivity index (χ0) is 20.2. The van der Waals surface area contributed by atoms with Gasteiger partial charge in [-0.1, -0.05) is 24.3 Å². The lowest BCUT2D eigenvalue weighted by molar-refractivity contribution is -0.139. The van der Waals surface area contributed by atoms with Gasteiger partial charge in [0.1, 0.15) is 11.3 Å². The molecule has 0 spiro atoms. The third-order valence-electron chi connectivity index (χ3n) is 4.93. The van der Waals surface area contributed by atoms with Gasteiger partial charge in [0.15, 0.2) is 17.5 Å². The number of alkyl halides is 3. The zero-order valence-electron chi connectivity index (χ0n) is 14.2. The molecule has 3 aromatic carbocycles. The molecule has 0 aromatic heterocycles. The molecule has 144 valence electrons. The Labute approximate surface area is 155 Å². The Bertz CT molecular complexity index is 1080. The van der Waals surface area contributed by atoms with Crippen LogP contribution in [0.15, 0.2) is 42.5 Å². The first-order valence-corrected chi connectivity index (χ1v) is 8.37. The summed E-state index contributed by atoms with van der Waals surface area (Å²) in [6, 6.07) is 8.89. The molecule has 0 atom stereocenters. The van der Waals surface area contributed by atoms with Gasteiger partial charge in [-0.2, -0.15) is 13.2 Å². The minimum absolute atomic E-state index is 0.0200. The second kappa shape index (κ2) is 6.29. The van der Waals surface area contributed by atoms with Gasteiger partial charge in [-0.3, -0.25) is 0 Å². The molecule has 0 aliphatic heterocycles. The molecule has 4 rings (SSSR count). The lowest BCUT2D eigenvalue weighted by Crippen LogP contribution is -2.14. The number of fused-ring (bicyclic) bond motifs is 3. The summed E-state index contributed by atoms with van der Waals surface area (Å²) in [4.78, 5) is 0. The molecule has 0 amide bonds. The SMILES string of the molecule is Oc1ccc2c(c1C(F)(F)F)CCc1cc(-c3cc(F)c(F)c(F)c3)ccc1-2. The molecule has 28 heavy (non-hydrogen) atoms. The highest BCUT2D eigenvalue weighted by atomic mass is 19.4. The summed E-state index contributed by atoms with van der Waals surface area (Å²) in [5.74, 6) is -5.01. The first-order chi connectivity index (χ1) is 13.2. The fourth-order valence-corrected chi connectivity index (χ4v) is 3.69. The van der Waals surface area contributed by atoms with Crippen molar-refractivity contribution in [3.8, 4) is 28.0 Å². The van der Waals surface area contributed by atoms with Gasteiger partial charge in [0.25, 0.3) is 0 Å². The Morgan fingerprint density at radius 3 is 2.04 bits per heavy atom. The first-order valence-electron chi connectivity index (χ1n) is 8.37. The number of phenols is 1. The predicted molar refractivity (Wildman–Crippen MR) is 91.3 cm³/mol. The standard InChI is InChI=1S/C21H12F6O/c22-16-8-12(9-17(23)20(16)24)10-1-3-13-11(7-10)2-4-15-14(13)5-6-18(28)19(15)21(25,26)27/h1,3,5-9,28H,2,4H2. The summed E-state index contributed by atoms with van der Waals surface area (Å²) in [7, 11) is 0. The molecule has 1 aliphatic rings. The molecule has 0 saturated carbocycles. The molecule has 3 aromatic rings. The lowest BCUT2D eigenvalue weighted by Gasteiger charge is -2.24. The van der Waals surface area contributed by atoms with Gasteiger partial charge in [-0.05, 0) is 64.4 Å². The Kier molecular flexibility index (Phi) is 4.14. The number of halogens is 6. The smallest absolute Gasteiger partial charge is 0.420 e. The van der Waals surface area contributed by atoms with Crippen LogP contribution >= 0.6 is 0 Å². The zero-order valence-corrected chi connectivity index (χ0v) is 14.2. The minimum atomic E-state index is -4.68. The monoisotopic (exact) mass is 394 g/mol. The Balaban J connectivity index is 1.84. The maximum absolute atomic E-state index is 13.5. The highest BCUT2D eigenvalue weighted by molar-refractivity contribution is 5.79. The summed E-state index contributed by atoms with van der Waals surface area (Å²) in [6.45, 7) is 0.